The molecule has 19 heavy (non-hydrogen) atoms. The Kier molecular flexibility index (Phi) is 4.20. The Morgan fingerprint density at radius 3 is 2.53 bits per heavy atom. The average Bonchev–Trinajstić information content (AvgIpc) is 2.75. The molecule has 2 rings (SSSR count). The minimum Gasteiger partial charge on any atom is -0.481 e. The van der Waals surface area contributed by atoms with E-state index < -0.39 is 21.2 Å². The normalized spacial score (nSPS) is 32.5. The smallest absolute Gasteiger partial charge is 0.310 e. The average molecular weight is 289 g/mol. The molecule has 0 radical (unpaired) electrons. The summed E-state index contributed by atoms with van der Waals surface area (Å²) >= 11 is 0. The standard InChI is InChI=1S/C13H23NO4S/c1-2-5-13(12(15)16)6-7-14(10-13)11-3-8-19(17,18)9-4-11/h11H,2-10H2,1H3,(H,15,16). The van der Waals surface area contributed by atoms with Crippen LogP contribution in [0.3, 0.4) is 0 Å². The fraction of sp³-hybridized carbons (Fsp3) is 0.923. The predicted octanol–water partition coefficient (Wildman–Crippen LogP) is 1.14. The van der Waals surface area contributed by atoms with Gasteiger partial charge < -0.3 is 5.11 Å². The highest BCUT2D eigenvalue weighted by Crippen LogP contribution is 2.37. The van der Waals surface area contributed by atoms with Gasteiger partial charge in [0.1, 0.15) is 9.84 Å². The predicted molar refractivity (Wildman–Crippen MR) is 72.8 cm³/mol. The third kappa shape index (κ3) is 3.11. The number of sulfone groups is 1. The Balaban J connectivity index is 2.00. The highest BCUT2D eigenvalue weighted by Gasteiger charge is 2.46. The van der Waals surface area contributed by atoms with Gasteiger partial charge in [0.25, 0.3) is 0 Å². The van der Waals surface area contributed by atoms with Crippen LogP contribution in [0.1, 0.15) is 39.0 Å². The molecule has 1 atom stereocenters. The van der Waals surface area contributed by atoms with Crippen LogP contribution in [0.25, 0.3) is 0 Å². The highest BCUT2D eigenvalue weighted by atomic mass is 32.2. The molecule has 0 aliphatic carbocycles. The van der Waals surface area contributed by atoms with Crippen molar-refractivity contribution in [1.82, 2.24) is 4.90 Å². The van der Waals surface area contributed by atoms with Gasteiger partial charge in [-0.15, -0.1) is 0 Å². The zero-order chi connectivity index (χ0) is 14.1. The van der Waals surface area contributed by atoms with E-state index in [0.717, 1.165) is 13.0 Å². The van der Waals surface area contributed by atoms with Gasteiger partial charge in [0.05, 0.1) is 16.9 Å². The highest BCUT2D eigenvalue weighted by molar-refractivity contribution is 7.91. The van der Waals surface area contributed by atoms with Crippen LogP contribution in [0, 0.1) is 5.41 Å². The number of rotatable bonds is 4. The molecule has 2 heterocycles. The van der Waals surface area contributed by atoms with Gasteiger partial charge in [-0.1, -0.05) is 13.3 Å². The van der Waals surface area contributed by atoms with Gasteiger partial charge in [0.15, 0.2) is 0 Å². The molecule has 1 N–H and O–H groups in total. The van der Waals surface area contributed by atoms with E-state index in [1.54, 1.807) is 0 Å². The third-order valence-electron chi connectivity index (χ3n) is 4.61. The maximum Gasteiger partial charge on any atom is 0.310 e. The summed E-state index contributed by atoms with van der Waals surface area (Å²) in [5.41, 5.74) is -0.606. The maximum absolute atomic E-state index is 11.5. The van der Waals surface area contributed by atoms with E-state index in [9.17, 15) is 18.3 Å². The molecular formula is C13H23NO4S. The van der Waals surface area contributed by atoms with Gasteiger partial charge in [0.2, 0.25) is 0 Å². The van der Waals surface area contributed by atoms with E-state index in [-0.39, 0.29) is 17.5 Å². The Bertz CT molecular complexity index is 434. The molecule has 0 spiro atoms. The van der Waals surface area contributed by atoms with Crippen LogP contribution in [0.15, 0.2) is 0 Å². The second-order valence-corrected chi connectivity index (χ2v) is 8.24. The third-order valence-corrected chi connectivity index (χ3v) is 6.32. The quantitative estimate of drug-likeness (QED) is 0.840. The molecule has 5 nitrogen and oxygen atoms in total. The molecule has 0 aromatic rings. The number of aliphatic carboxylic acids is 1. The van der Waals surface area contributed by atoms with Gasteiger partial charge in [-0.05, 0) is 32.2 Å². The molecular weight excluding hydrogens is 266 g/mol. The number of carbonyl (C=O) groups is 1. The summed E-state index contributed by atoms with van der Waals surface area (Å²) < 4.78 is 22.9. The Morgan fingerprint density at radius 2 is 2.00 bits per heavy atom. The van der Waals surface area contributed by atoms with Gasteiger partial charge in [-0.25, -0.2) is 8.42 Å². The largest absolute Gasteiger partial charge is 0.481 e. The number of carboxylic acid groups (broad SMARTS) is 1. The van der Waals surface area contributed by atoms with Crippen LogP contribution in [0.2, 0.25) is 0 Å². The molecule has 110 valence electrons. The van der Waals surface area contributed by atoms with Crippen molar-refractivity contribution >= 4 is 15.8 Å². The second kappa shape index (κ2) is 5.40. The molecule has 2 saturated heterocycles. The van der Waals surface area contributed by atoms with Crippen molar-refractivity contribution in [2.24, 2.45) is 5.41 Å². The van der Waals surface area contributed by atoms with Crippen molar-refractivity contribution in [3.63, 3.8) is 0 Å². The number of nitrogens with zero attached hydrogens (tertiary/aromatic N) is 1. The van der Waals surface area contributed by atoms with Crippen molar-refractivity contribution in [2.75, 3.05) is 24.6 Å². The minimum atomic E-state index is -2.84. The molecule has 6 heteroatoms. The lowest BCUT2D eigenvalue weighted by molar-refractivity contribution is -0.148. The molecule has 0 amide bonds. The van der Waals surface area contributed by atoms with E-state index in [1.165, 1.54) is 0 Å². The first-order valence-electron chi connectivity index (χ1n) is 7.06. The zero-order valence-corrected chi connectivity index (χ0v) is 12.3. The van der Waals surface area contributed by atoms with Crippen molar-refractivity contribution in [2.45, 2.75) is 45.1 Å². The first-order valence-corrected chi connectivity index (χ1v) is 8.88. The van der Waals surface area contributed by atoms with E-state index in [4.69, 9.17) is 0 Å². The van der Waals surface area contributed by atoms with Gasteiger partial charge in [0, 0.05) is 12.6 Å². The lowest BCUT2D eigenvalue weighted by Crippen LogP contribution is -2.42. The van der Waals surface area contributed by atoms with E-state index in [2.05, 4.69) is 4.90 Å². The van der Waals surface area contributed by atoms with Crippen molar-refractivity contribution in [3.8, 4) is 0 Å². The summed E-state index contributed by atoms with van der Waals surface area (Å²) in [4.78, 5) is 13.7. The number of likely N-dealkylation sites (tertiary alicyclic amines) is 1. The summed E-state index contributed by atoms with van der Waals surface area (Å²) in [5.74, 6) is -0.190. The zero-order valence-electron chi connectivity index (χ0n) is 11.5. The van der Waals surface area contributed by atoms with E-state index in [0.29, 0.717) is 32.2 Å². The number of hydrogen-bond donors (Lipinski definition) is 1. The molecule has 2 fully saturated rings. The first kappa shape index (κ1) is 14.8. The fourth-order valence-corrected chi connectivity index (χ4v) is 4.89. The van der Waals surface area contributed by atoms with Crippen LogP contribution in [-0.2, 0) is 14.6 Å². The monoisotopic (exact) mass is 289 g/mol. The van der Waals surface area contributed by atoms with Gasteiger partial charge in [-0.3, -0.25) is 9.69 Å². The molecule has 0 aromatic heterocycles. The summed E-state index contributed by atoms with van der Waals surface area (Å²) in [5, 5.41) is 9.47. The Morgan fingerprint density at radius 1 is 1.37 bits per heavy atom. The molecule has 2 aliphatic rings. The topological polar surface area (TPSA) is 74.7 Å². The van der Waals surface area contributed by atoms with Crippen molar-refractivity contribution < 1.29 is 18.3 Å². The molecule has 2 aliphatic heterocycles. The van der Waals surface area contributed by atoms with E-state index in [1.807, 2.05) is 6.92 Å². The lowest BCUT2D eigenvalue weighted by atomic mass is 9.82. The molecule has 1 unspecified atom stereocenters. The second-order valence-electron chi connectivity index (χ2n) is 5.94. The maximum atomic E-state index is 11.5. The first-order chi connectivity index (χ1) is 8.88. The summed E-state index contributed by atoms with van der Waals surface area (Å²) in [6, 6.07) is 0.251. The van der Waals surface area contributed by atoms with Crippen LogP contribution < -0.4 is 0 Å². The van der Waals surface area contributed by atoms with Gasteiger partial charge >= 0.3 is 5.97 Å². The minimum absolute atomic E-state index is 0.251. The summed E-state index contributed by atoms with van der Waals surface area (Å²) in [6.07, 6.45) is 3.59. The molecule has 0 aromatic carbocycles. The van der Waals surface area contributed by atoms with Crippen LogP contribution >= 0.6 is 0 Å². The fourth-order valence-electron chi connectivity index (χ4n) is 3.42. The van der Waals surface area contributed by atoms with Crippen LogP contribution in [0.5, 0.6) is 0 Å². The lowest BCUT2D eigenvalue weighted by Gasteiger charge is -2.32. The summed E-state index contributed by atoms with van der Waals surface area (Å²) in [6.45, 7) is 3.39. The van der Waals surface area contributed by atoms with E-state index >= 15 is 0 Å². The van der Waals surface area contributed by atoms with Crippen molar-refractivity contribution in [1.29, 1.82) is 0 Å². The number of hydrogen-bond acceptors (Lipinski definition) is 4. The molecule has 0 bridgehead atoms. The Hall–Kier alpha value is -0.620. The van der Waals surface area contributed by atoms with Crippen LogP contribution in [0.4, 0.5) is 0 Å². The van der Waals surface area contributed by atoms with Gasteiger partial charge in [-0.2, -0.15) is 0 Å². The summed E-state index contributed by atoms with van der Waals surface area (Å²) in [7, 11) is -2.84. The molecule has 0 saturated carbocycles. The van der Waals surface area contributed by atoms with Crippen molar-refractivity contribution in [3.05, 3.63) is 0 Å². The number of carboxylic acids is 1. The SMILES string of the molecule is CCCC1(C(=O)O)CCN(C2CCS(=O)(=O)CC2)C1. The van der Waals surface area contributed by atoms with Crippen LogP contribution in [-0.4, -0.2) is 55.0 Å². The Labute approximate surface area is 114 Å².